The number of aromatic nitrogens is 2. The van der Waals surface area contributed by atoms with Crippen LogP contribution in [0.1, 0.15) is 0 Å². The van der Waals surface area contributed by atoms with Crippen LogP contribution in [-0.4, -0.2) is 9.97 Å². The molecule has 0 bridgehead atoms. The van der Waals surface area contributed by atoms with Crippen LogP contribution < -0.4 is 10.3 Å². The van der Waals surface area contributed by atoms with Crippen molar-refractivity contribution < 1.29 is 13.5 Å². The predicted molar refractivity (Wildman–Crippen MR) is 71.7 cm³/mol. The molecule has 1 aromatic heterocycles. The fourth-order valence-corrected chi connectivity index (χ4v) is 1.96. The topological polar surface area (TPSA) is 55.0 Å². The Morgan fingerprint density at radius 2 is 2.11 bits per heavy atom. The van der Waals surface area contributed by atoms with E-state index in [-0.39, 0.29) is 15.2 Å². The van der Waals surface area contributed by atoms with E-state index < -0.39 is 17.2 Å². The number of nitrogens with zero attached hydrogens (tertiary/aromatic N) is 1. The number of halogens is 4. The normalized spacial score (nSPS) is 10.4. The molecule has 8 heteroatoms. The van der Waals surface area contributed by atoms with Crippen LogP contribution >= 0.6 is 38.5 Å². The maximum atomic E-state index is 13.5. The van der Waals surface area contributed by atoms with E-state index in [0.29, 0.717) is 4.47 Å². The van der Waals surface area contributed by atoms with Crippen LogP contribution in [0.2, 0.25) is 0 Å². The number of hydrogen-bond acceptors (Lipinski definition) is 3. The van der Waals surface area contributed by atoms with Gasteiger partial charge in [-0.15, -0.1) is 0 Å². The molecule has 0 atom stereocenters. The highest BCUT2D eigenvalue weighted by atomic mass is 127. The monoisotopic (exact) mass is 428 g/mol. The first-order chi connectivity index (χ1) is 8.49. The minimum absolute atomic E-state index is 0.0873. The van der Waals surface area contributed by atoms with Crippen LogP contribution in [0.15, 0.2) is 27.7 Å². The summed E-state index contributed by atoms with van der Waals surface area (Å²) in [5, 5.41) is 0. The Bertz CT molecular complexity index is 663. The van der Waals surface area contributed by atoms with Gasteiger partial charge in [0.15, 0.2) is 11.6 Å². The first-order valence-electron chi connectivity index (χ1n) is 4.54. The molecule has 2 rings (SSSR count). The lowest BCUT2D eigenvalue weighted by Crippen LogP contribution is -2.11. The quantitative estimate of drug-likeness (QED) is 0.590. The van der Waals surface area contributed by atoms with E-state index in [4.69, 9.17) is 4.74 Å². The van der Waals surface area contributed by atoms with Crippen molar-refractivity contribution in [2.75, 3.05) is 0 Å². The van der Waals surface area contributed by atoms with Gasteiger partial charge in [0.05, 0.1) is 6.33 Å². The standard InChI is InChI=1S/C10H4BrF2IN2O2/c11-4-1-5(12)7(13)6(2-4)18-10-8(14)9(17)15-3-16-10/h1-3H,(H,15,16,17). The maximum absolute atomic E-state index is 13.5. The summed E-state index contributed by atoms with van der Waals surface area (Å²) in [5.41, 5.74) is -0.420. The van der Waals surface area contributed by atoms with Crippen molar-refractivity contribution in [2.24, 2.45) is 0 Å². The van der Waals surface area contributed by atoms with E-state index in [0.717, 1.165) is 12.4 Å². The van der Waals surface area contributed by atoms with Gasteiger partial charge in [0.25, 0.3) is 5.56 Å². The number of rotatable bonds is 2. The molecule has 0 fully saturated rings. The third-order valence-corrected chi connectivity index (χ3v) is 3.34. The summed E-state index contributed by atoms with van der Waals surface area (Å²) in [5.74, 6) is -2.64. The molecular formula is C10H4BrF2IN2O2. The van der Waals surface area contributed by atoms with Crippen molar-refractivity contribution in [2.45, 2.75) is 0 Å². The number of nitrogens with one attached hydrogen (secondary N) is 1. The average Bonchev–Trinajstić information content (AvgIpc) is 2.31. The smallest absolute Gasteiger partial charge is 0.268 e. The van der Waals surface area contributed by atoms with E-state index in [1.165, 1.54) is 6.07 Å². The maximum Gasteiger partial charge on any atom is 0.268 e. The molecule has 1 heterocycles. The number of aromatic amines is 1. The summed E-state index contributed by atoms with van der Waals surface area (Å²) in [6, 6.07) is 2.22. The molecule has 0 aliphatic heterocycles. The Labute approximate surface area is 122 Å². The van der Waals surface area contributed by atoms with Crippen molar-refractivity contribution in [1.29, 1.82) is 0 Å². The second-order valence-corrected chi connectivity index (χ2v) is 5.15. The van der Waals surface area contributed by atoms with Gasteiger partial charge in [-0.1, -0.05) is 15.9 Å². The highest BCUT2D eigenvalue weighted by Gasteiger charge is 2.15. The van der Waals surface area contributed by atoms with E-state index in [1.807, 2.05) is 0 Å². The Hall–Kier alpha value is -1.03. The molecule has 0 aliphatic carbocycles. The van der Waals surface area contributed by atoms with Gasteiger partial charge in [-0.05, 0) is 34.7 Å². The second kappa shape index (κ2) is 5.31. The lowest BCUT2D eigenvalue weighted by atomic mass is 10.3. The summed E-state index contributed by atoms with van der Waals surface area (Å²) in [6.45, 7) is 0. The molecule has 0 spiro atoms. The van der Waals surface area contributed by atoms with Gasteiger partial charge in [0, 0.05) is 4.47 Å². The van der Waals surface area contributed by atoms with Crippen LogP contribution in [0.25, 0.3) is 0 Å². The lowest BCUT2D eigenvalue weighted by molar-refractivity contribution is 0.401. The molecule has 94 valence electrons. The largest absolute Gasteiger partial charge is 0.434 e. The summed E-state index contributed by atoms with van der Waals surface area (Å²) < 4.78 is 32.2. The van der Waals surface area contributed by atoms with Gasteiger partial charge in [-0.3, -0.25) is 4.79 Å². The highest BCUT2D eigenvalue weighted by Crippen LogP contribution is 2.29. The molecule has 0 aliphatic rings. The molecule has 1 N–H and O–H groups in total. The van der Waals surface area contributed by atoms with Gasteiger partial charge >= 0.3 is 0 Å². The van der Waals surface area contributed by atoms with Crippen molar-refractivity contribution in [1.82, 2.24) is 9.97 Å². The highest BCUT2D eigenvalue weighted by molar-refractivity contribution is 14.1. The van der Waals surface area contributed by atoms with E-state index in [1.54, 1.807) is 22.6 Å². The predicted octanol–water partition coefficient (Wildman–Crippen LogP) is 3.21. The molecule has 0 amide bonds. The molecule has 0 unspecified atom stereocenters. The molecule has 0 radical (unpaired) electrons. The zero-order valence-corrected chi connectivity index (χ0v) is 12.3. The molecule has 1 aromatic carbocycles. The van der Waals surface area contributed by atoms with Crippen LogP contribution in [0.3, 0.4) is 0 Å². The van der Waals surface area contributed by atoms with Crippen LogP contribution in [0, 0.1) is 15.2 Å². The van der Waals surface area contributed by atoms with Crippen molar-refractivity contribution >= 4 is 38.5 Å². The third kappa shape index (κ3) is 2.69. The zero-order chi connectivity index (χ0) is 13.3. The first-order valence-corrected chi connectivity index (χ1v) is 6.42. The molecule has 0 saturated carbocycles. The van der Waals surface area contributed by atoms with Gasteiger partial charge < -0.3 is 9.72 Å². The lowest BCUT2D eigenvalue weighted by Gasteiger charge is -2.07. The third-order valence-electron chi connectivity index (χ3n) is 1.93. The second-order valence-electron chi connectivity index (χ2n) is 3.15. The van der Waals surface area contributed by atoms with Gasteiger partial charge in [0.1, 0.15) is 3.57 Å². The van der Waals surface area contributed by atoms with Crippen LogP contribution in [-0.2, 0) is 0 Å². The van der Waals surface area contributed by atoms with E-state index in [9.17, 15) is 13.6 Å². The minimum atomic E-state index is -1.14. The summed E-state index contributed by atoms with van der Waals surface area (Å²) in [7, 11) is 0. The van der Waals surface area contributed by atoms with Crippen molar-refractivity contribution in [3.05, 3.63) is 48.5 Å². The number of benzene rings is 1. The number of ether oxygens (including phenoxy) is 1. The van der Waals surface area contributed by atoms with Crippen molar-refractivity contribution in [3.8, 4) is 11.6 Å². The fraction of sp³-hybridized carbons (Fsp3) is 0. The molecule has 2 aromatic rings. The summed E-state index contributed by atoms with van der Waals surface area (Å²) in [6.07, 6.45) is 1.12. The molecule has 4 nitrogen and oxygen atoms in total. The van der Waals surface area contributed by atoms with E-state index >= 15 is 0 Å². The molecular weight excluding hydrogens is 425 g/mol. The average molecular weight is 429 g/mol. The van der Waals surface area contributed by atoms with Gasteiger partial charge in [-0.2, -0.15) is 4.39 Å². The Balaban J connectivity index is 2.46. The fourth-order valence-electron chi connectivity index (χ4n) is 1.15. The Morgan fingerprint density at radius 1 is 1.39 bits per heavy atom. The van der Waals surface area contributed by atoms with Crippen LogP contribution in [0.5, 0.6) is 11.6 Å². The SMILES string of the molecule is O=c1[nH]cnc(Oc2cc(Br)cc(F)c2F)c1I. The number of hydrogen-bond donors (Lipinski definition) is 1. The van der Waals surface area contributed by atoms with Gasteiger partial charge in [-0.25, -0.2) is 9.37 Å². The Morgan fingerprint density at radius 3 is 2.83 bits per heavy atom. The Kier molecular flexibility index (Phi) is 3.95. The summed E-state index contributed by atoms with van der Waals surface area (Å²) >= 11 is 4.72. The van der Waals surface area contributed by atoms with Gasteiger partial charge in [0.2, 0.25) is 11.7 Å². The minimum Gasteiger partial charge on any atom is -0.434 e. The summed E-state index contributed by atoms with van der Waals surface area (Å²) in [4.78, 5) is 17.4. The molecule has 0 saturated heterocycles. The van der Waals surface area contributed by atoms with Crippen LogP contribution in [0.4, 0.5) is 8.78 Å². The van der Waals surface area contributed by atoms with Crippen molar-refractivity contribution in [3.63, 3.8) is 0 Å². The van der Waals surface area contributed by atoms with E-state index in [2.05, 4.69) is 25.9 Å². The number of H-pyrrole nitrogens is 1. The zero-order valence-electron chi connectivity index (χ0n) is 8.51. The first kappa shape index (κ1) is 13.4. The molecule has 18 heavy (non-hydrogen) atoms.